The lowest BCUT2D eigenvalue weighted by Crippen LogP contribution is -2.12. The van der Waals surface area contributed by atoms with Gasteiger partial charge in [0.15, 0.2) is 0 Å². The Labute approximate surface area is 115 Å². The molecule has 1 aromatic carbocycles. The Bertz CT molecular complexity index is 590. The van der Waals surface area contributed by atoms with Crippen LogP contribution in [0.5, 0.6) is 0 Å². The van der Waals surface area contributed by atoms with Crippen LogP contribution in [0.25, 0.3) is 0 Å². The minimum Gasteiger partial charge on any atom is -0.453 e. The third-order valence-corrected chi connectivity index (χ3v) is 2.64. The van der Waals surface area contributed by atoms with Gasteiger partial charge in [0, 0.05) is 24.6 Å². The second kappa shape index (κ2) is 6.51. The zero-order chi connectivity index (χ0) is 14.4. The van der Waals surface area contributed by atoms with Gasteiger partial charge in [0.2, 0.25) is 0 Å². The number of aromatic nitrogens is 1. The Morgan fingerprint density at radius 3 is 2.70 bits per heavy atom. The summed E-state index contributed by atoms with van der Waals surface area (Å²) in [6.07, 6.45) is 2.68. The van der Waals surface area contributed by atoms with Gasteiger partial charge in [-0.3, -0.25) is 10.3 Å². The third kappa shape index (κ3) is 3.68. The number of benzene rings is 1. The highest BCUT2D eigenvalue weighted by molar-refractivity contribution is 5.84. The van der Waals surface area contributed by atoms with Crippen molar-refractivity contribution in [3.8, 4) is 0 Å². The summed E-state index contributed by atoms with van der Waals surface area (Å²) in [6.45, 7) is 0.561. The largest absolute Gasteiger partial charge is 0.453 e. The lowest BCUT2D eigenvalue weighted by molar-refractivity contribution is 0.187. The first-order valence-corrected chi connectivity index (χ1v) is 5.96. The van der Waals surface area contributed by atoms with E-state index in [1.165, 1.54) is 19.2 Å². The molecule has 104 valence electrons. The standard InChI is InChI=1S/C14H14FN3O2/c1-20-14(19)18-13-3-2-11(8-12(13)15)17-9-10-4-6-16-7-5-10/h2-8,17H,9H2,1H3,(H,18,19). The maximum atomic E-state index is 13.8. The summed E-state index contributed by atoms with van der Waals surface area (Å²) in [7, 11) is 1.22. The first-order chi connectivity index (χ1) is 9.69. The number of hydrogen-bond acceptors (Lipinski definition) is 4. The molecule has 0 aliphatic carbocycles. The minimum atomic E-state index is -0.707. The molecule has 0 fully saturated rings. The number of halogens is 1. The molecule has 0 aliphatic rings. The number of hydrogen-bond donors (Lipinski definition) is 2. The maximum Gasteiger partial charge on any atom is 0.411 e. The summed E-state index contributed by atoms with van der Waals surface area (Å²) < 4.78 is 18.2. The summed E-state index contributed by atoms with van der Waals surface area (Å²) in [6, 6.07) is 8.20. The SMILES string of the molecule is COC(=O)Nc1ccc(NCc2ccncc2)cc1F. The quantitative estimate of drug-likeness (QED) is 0.900. The van der Waals surface area contributed by atoms with E-state index in [-0.39, 0.29) is 5.69 Å². The highest BCUT2D eigenvalue weighted by atomic mass is 19.1. The van der Waals surface area contributed by atoms with Gasteiger partial charge in [0.05, 0.1) is 12.8 Å². The fourth-order valence-electron chi connectivity index (χ4n) is 1.59. The van der Waals surface area contributed by atoms with E-state index in [4.69, 9.17) is 0 Å². The Balaban J connectivity index is 2.00. The fraction of sp³-hybridized carbons (Fsp3) is 0.143. The molecule has 0 aliphatic heterocycles. The summed E-state index contributed by atoms with van der Waals surface area (Å²) in [5.74, 6) is -0.532. The molecule has 20 heavy (non-hydrogen) atoms. The molecule has 2 rings (SSSR count). The summed E-state index contributed by atoms with van der Waals surface area (Å²) in [5, 5.41) is 5.37. The lowest BCUT2D eigenvalue weighted by Gasteiger charge is -2.09. The number of ether oxygens (including phenoxy) is 1. The molecule has 5 nitrogen and oxygen atoms in total. The molecule has 1 aromatic heterocycles. The van der Waals surface area contributed by atoms with E-state index < -0.39 is 11.9 Å². The van der Waals surface area contributed by atoms with Gasteiger partial charge < -0.3 is 10.1 Å². The van der Waals surface area contributed by atoms with Gasteiger partial charge in [-0.2, -0.15) is 0 Å². The van der Waals surface area contributed by atoms with Crippen LogP contribution in [0, 0.1) is 5.82 Å². The topological polar surface area (TPSA) is 63.2 Å². The molecule has 2 N–H and O–H groups in total. The summed E-state index contributed by atoms with van der Waals surface area (Å²) in [5.41, 5.74) is 1.73. The number of carbonyl (C=O) groups is 1. The Kier molecular flexibility index (Phi) is 4.49. The third-order valence-electron chi connectivity index (χ3n) is 2.64. The molecule has 0 radical (unpaired) electrons. The zero-order valence-electron chi connectivity index (χ0n) is 10.9. The molecule has 6 heteroatoms. The molecule has 0 unspecified atom stereocenters. The maximum absolute atomic E-state index is 13.8. The first kappa shape index (κ1) is 13.8. The predicted molar refractivity (Wildman–Crippen MR) is 74.0 cm³/mol. The van der Waals surface area contributed by atoms with Crippen LogP contribution in [0.4, 0.5) is 20.6 Å². The number of nitrogens with zero attached hydrogens (tertiary/aromatic N) is 1. The molecule has 0 atom stereocenters. The van der Waals surface area contributed by atoms with Crippen molar-refractivity contribution >= 4 is 17.5 Å². The van der Waals surface area contributed by atoms with Gasteiger partial charge >= 0.3 is 6.09 Å². The molecule has 0 saturated heterocycles. The average molecular weight is 275 g/mol. The van der Waals surface area contributed by atoms with Gasteiger partial charge in [-0.1, -0.05) is 0 Å². The van der Waals surface area contributed by atoms with E-state index in [0.29, 0.717) is 12.2 Å². The van der Waals surface area contributed by atoms with Crippen molar-refractivity contribution in [3.05, 3.63) is 54.1 Å². The predicted octanol–water partition coefficient (Wildman–Crippen LogP) is 3.01. The van der Waals surface area contributed by atoms with E-state index in [1.807, 2.05) is 12.1 Å². The van der Waals surface area contributed by atoms with Crippen molar-refractivity contribution in [1.29, 1.82) is 0 Å². The van der Waals surface area contributed by atoms with Crippen molar-refractivity contribution in [2.45, 2.75) is 6.54 Å². The second-order valence-electron chi connectivity index (χ2n) is 4.02. The molecule has 0 saturated carbocycles. The summed E-state index contributed by atoms with van der Waals surface area (Å²) in [4.78, 5) is 14.9. The molecule has 1 amide bonds. The zero-order valence-corrected chi connectivity index (χ0v) is 10.9. The van der Waals surface area contributed by atoms with Crippen LogP contribution in [-0.2, 0) is 11.3 Å². The fourth-order valence-corrected chi connectivity index (χ4v) is 1.59. The van der Waals surface area contributed by atoms with Gasteiger partial charge in [-0.25, -0.2) is 9.18 Å². The van der Waals surface area contributed by atoms with Crippen LogP contribution >= 0.6 is 0 Å². The summed E-state index contributed by atoms with van der Waals surface area (Å²) >= 11 is 0. The van der Waals surface area contributed by atoms with Crippen LogP contribution in [0.3, 0.4) is 0 Å². The van der Waals surface area contributed by atoms with Crippen molar-refractivity contribution in [1.82, 2.24) is 4.98 Å². The Morgan fingerprint density at radius 2 is 2.05 bits per heavy atom. The van der Waals surface area contributed by atoms with E-state index in [2.05, 4.69) is 20.4 Å². The van der Waals surface area contributed by atoms with Crippen LogP contribution in [-0.4, -0.2) is 18.2 Å². The minimum absolute atomic E-state index is 0.0753. The van der Waals surface area contributed by atoms with Gasteiger partial charge in [0.1, 0.15) is 5.82 Å². The Hall–Kier alpha value is -2.63. The van der Waals surface area contributed by atoms with Crippen LogP contribution in [0.2, 0.25) is 0 Å². The monoisotopic (exact) mass is 275 g/mol. The molecular weight excluding hydrogens is 261 g/mol. The van der Waals surface area contributed by atoms with Crippen LogP contribution in [0.15, 0.2) is 42.7 Å². The highest BCUT2D eigenvalue weighted by Gasteiger charge is 2.07. The van der Waals surface area contributed by atoms with E-state index in [9.17, 15) is 9.18 Å². The number of methoxy groups -OCH3 is 1. The van der Waals surface area contributed by atoms with Crippen LogP contribution < -0.4 is 10.6 Å². The Morgan fingerprint density at radius 1 is 1.30 bits per heavy atom. The van der Waals surface area contributed by atoms with Crippen LogP contribution in [0.1, 0.15) is 5.56 Å². The first-order valence-electron chi connectivity index (χ1n) is 5.96. The molecule has 0 spiro atoms. The van der Waals surface area contributed by atoms with Crippen molar-refractivity contribution in [3.63, 3.8) is 0 Å². The molecule has 0 bridgehead atoms. The number of pyridine rings is 1. The van der Waals surface area contributed by atoms with Crippen molar-refractivity contribution < 1.29 is 13.9 Å². The molecule has 1 heterocycles. The molecule has 2 aromatic rings. The van der Waals surface area contributed by atoms with E-state index >= 15 is 0 Å². The smallest absolute Gasteiger partial charge is 0.411 e. The van der Waals surface area contributed by atoms with E-state index in [0.717, 1.165) is 5.56 Å². The normalized spacial score (nSPS) is 9.90. The number of amides is 1. The number of nitrogens with one attached hydrogen (secondary N) is 2. The van der Waals surface area contributed by atoms with Gasteiger partial charge in [-0.05, 0) is 35.9 Å². The second-order valence-corrected chi connectivity index (χ2v) is 4.02. The number of rotatable bonds is 4. The molecular formula is C14H14FN3O2. The van der Waals surface area contributed by atoms with Gasteiger partial charge in [0.25, 0.3) is 0 Å². The number of carbonyl (C=O) groups excluding carboxylic acids is 1. The van der Waals surface area contributed by atoms with Crippen molar-refractivity contribution in [2.75, 3.05) is 17.7 Å². The number of anilines is 2. The lowest BCUT2D eigenvalue weighted by atomic mass is 10.2. The van der Waals surface area contributed by atoms with Gasteiger partial charge in [-0.15, -0.1) is 0 Å². The highest BCUT2D eigenvalue weighted by Crippen LogP contribution is 2.19. The van der Waals surface area contributed by atoms with Crippen molar-refractivity contribution in [2.24, 2.45) is 0 Å². The van der Waals surface area contributed by atoms with E-state index in [1.54, 1.807) is 18.5 Å². The average Bonchev–Trinajstić information content (AvgIpc) is 2.48.